The number of carbonyl (C=O) groups is 2. The molecule has 1 atom stereocenters. The number of thiophene rings is 1. The second-order valence-electron chi connectivity index (χ2n) is 4.93. The molecule has 116 valence electrons. The quantitative estimate of drug-likeness (QED) is 0.911. The number of amides is 2. The smallest absolute Gasteiger partial charge is 0.365 e. The van der Waals surface area contributed by atoms with Crippen LogP contribution in [0.15, 0.2) is 12.1 Å². The second-order valence-corrected chi connectivity index (χ2v) is 6.02. The van der Waals surface area contributed by atoms with Crippen LogP contribution >= 0.6 is 11.3 Å². The number of hydrogen-bond donors (Lipinski definition) is 1. The first-order valence-electron chi connectivity index (χ1n) is 6.58. The van der Waals surface area contributed by atoms with Crippen LogP contribution in [0.1, 0.15) is 45.0 Å². The third-order valence-electron chi connectivity index (χ3n) is 3.45. The Balaban J connectivity index is 2.26. The summed E-state index contributed by atoms with van der Waals surface area (Å²) in [4.78, 5) is 24.5. The number of nitrogens with two attached hydrogens (primary N) is 1. The lowest BCUT2D eigenvalue weighted by Gasteiger charge is -2.31. The van der Waals surface area contributed by atoms with Crippen molar-refractivity contribution in [2.75, 3.05) is 6.54 Å². The first-order valence-corrected chi connectivity index (χ1v) is 7.39. The summed E-state index contributed by atoms with van der Waals surface area (Å²) in [6, 6.07) is 0.957. The van der Waals surface area contributed by atoms with Gasteiger partial charge < -0.3 is 10.6 Å². The van der Waals surface area contributed by atoms with Crippen LogP contribution < -0.4 is 5.73 Å². The van der Waals surface area contributed by atoms with Crippen LogP contribution in [0.5, 0.6) is 0 Å². The Kier molecular flexibility index (Phi) is 4.55. The van der Waals surface area contributed by atoms with Crippen molar-refractivity contribution >= 4 is 23.2 Å². The average molecular weight is 320 g/mol. The van der Waals surface area contributed by atoms with Crippen LogP contribution in [0.2, 0.25) is 0 Å². The predicted octanol–water partition coefficient (Wildman–Crippen LogP) is 2.79. The van der Waals surface area contributed by atoms with Gasteiger partial charge in [0, 0.05) is 6.54 Å². The lowest BCUT2D eigenvalue weighted by molar-refractivity contribution is -0.177. The minimum atomic E-state index is -4.44. The minimum absolute atomic E-state index is 0.0762. The van der Waals surface area contributed by atoms with E-state index >= 15 is 0 Å². The van der Waals surface area contributed by atoms with Gasteiger partial charge in [0.2, 0.25) is 0 Å². The predicted molar refractivity (Wildman–Crippen MR) is 72.2 cm³/mol. The summed E-state index contributed by atoms with van der Waals surface area (Å²) >= 11 is 0.829. The van der Waals surface area contributed by atoms with E-state index in [1.165, 1.54) is 12.1 Å². The summed E-state index contributed by atoms with van der Waals surface area (Å²) in [6.07, 6.45) is -2.85. The highest BCUT2D eigenvalue weighted by molar-refractivity contribution is 7.15. The number of alkyl halides is 3. The maximum Gasteiger partial charge on any atom is 0.408 e. The van der Waals surface area contributed by atoms with E-state index in [0.717, 1.165) is 16.2 Å². The Morgan fingerprint density at radius 2 is 1.86 bits per heavy atom. The van der Waals surface area contributed by atoms with Gasteiger partial charge in [0.05, 0.1) is 9.75 Å². The van der Waals surface area contributed by atoms with Gasteiger partial charge in [-0.2, -0.15) is 13.2 Å². The zero-order valence-corrected chi connectivity index (χ0v) is 12.0. The largest absolute Gasteiger partial charge is 0.408 e. The Bertz CT molecular complexity index is 542. The van der Waals surface area contributed by atoms with E-state index < -0.39 is 24.0 Å². The fraction of sp³-hybridized carbons (Fsp3) is 0.538. The molecule has 1 aromatic heterocycles. The highest BCUT2D eigenvalue weighted by Gasteiger charge is 2.45. The van der Waals surface area contributed by atoms with Crippen molar-refractivity contribution in [3.8, 4) is 0 Å². The fourth-order valence-electron chi connectivity index (χ4n) is 2.42. The van der Waals surface area contributed by atoms with Crippen LogP contribution in [0, 0.1) is 0 Å². The highest BCUT2D eigenvalue weighted by atomic mass is 32.1. The van der Waals surface area contributed by atoms with Gasteiger partial charge in [-0.1, -0.05) is 12.8 Å². The number of rotatable bonds is 2. The van der Waals surface area contributed by atoms with Gasteiger partial charge in [-0.15, -0.1) is 11.3 Å². The van der Waals surface area contributed by atoms with Gasteiger partial charge >= 0.3 is 6.18 Å². The molecular formula is C13H15F3N2O2S. The number of likely N-dealkylation sites (tertiary alicyclic amines) is 1. The number of hydrogen-bond acceptors (Lipinski definition) is 3. The number of carbonyl (C=O) groups excluding carboxylic acids is 2. The molecule has 4 nitrogen and oxygen atoms in total. The molecule has 0 spiro atoms. The normalized spacial score (nSPS) is 20.1. The highest BCUT2D eigenvalue weighted by Crippen LogP contribution is 2.33. The molecule has 0 bridgehead atoms. The molecule has 2 N–H and O–H groups in total. The lowest BCUT2D eigenvalue weighted by Crippen LogP contribution is -2.48. The average Bonchev–Trinajstić information content (AvgIpc) is 2.74. The first kappa shape index (κ1) is 15.8. The fourth-order valence-corrected chi connectivity index (χ4v) is 3.23. The molecule has 1 aromatic rings. The van der Waals surface area contributed by atoms with Crippen LogP contribution in [-0.2, 0) is 0 Å². The molecule has 0 aromatic carbocycles. The van der Waals surface area contributed by atoms with E-state index in [2.05, 4.69) is 0 Å². The van der Waals surface area contributed by atoms with Gasteiger partial charge in [-0.3, -0.25) is 9.59 Å². The van der Waals surface area contributed by atoms with Gasteiger partial charge in [0.15, 0.2) is 0 Å². The van der Waals surface area contributed by atoms with E-state index in [-0.39, 0.29) is 22.7 Å². The molecule has 21 heavy (non-hydrogen) atoms. The lowest BCUT2D eigenvalue weighted by atomic mass is 10.1. The molecule has 0 saturated carbocycles. The Morgan fingerprint density at radius 1 is 1.19 bits per heavy atom. The Labute approximate surface area is 123 Å². The second kappa shape index (κ2) is 6.05. The summed E-state index contributed by atoms with van der Waals surface area (Å²) in [5.41, 5.74) is 5.09. The van der Waals surface area contributed by atoms with Crippen molar-refractivity contribution in [2.24, 2.45) is 5.73 Å². The van der Waals surface area contributed by atoms with E-state index in [1.54, 1.807) is 0 Å². The molecule has 2 amide bonds. The van der Waals surface area contributed by atoms with Gasteiger partial charge in [-0.25, -0.2) is 0 Å². The van der Waals surface area contributed by atoms with Crippen molar-refractivity contribution in [3.63, 3.8) is 0 Å². The van der Waals surface area contributed by atoms with Gasteiger partial charge in [0.1, 0.15) is 6.04 Å². The van der Waals surface area contributed by atoms with Gasteiger partial charge in [-0.05, 0) is 25.0 Å². The molecular weight excluding hydrogens is 305 g/mol. The van der Waals surface area contributed by atoms with Crippen LogP contribution in [-0.4, -0.2) is 35.5 Å². The molecule has 0 aliphatic carbocycles. The SMILES string of the molecule is NC(=O)c1ccc(C(=O)N2CCCCCC2C(F)(F)F)s1. The summed E-state index contributed by atoms with van der Waals surface area (Å²) in [5.74, 6) is -1.38. The Morgan fingerprint density at radius 3 is 2.43 bits per heavy atom. The van der Waals surface area contributed by atoms with Crippen LogP contribution in [0.3, 0.4) is 0 Å². The van der Waals surface area contributed by atoms with Crippen molar-refractivity contribution in [1.82, 2.24) is 4.90 Å². The molecule has 1 fully saturated rings. The number of halogens is 3. The first-order chi connectivity index (χ1) is 9.80. The van der Waals surface area contributed by atoms with E-state index in [4.69, 9.17) is 5.73 Å². The van der Waals surface area contributed by atoms with Crippen molar-refractivity contribution in [3.05, 3.63) is 21.9 Å². The summed E-state index contributed by atoms with van der Waals surface area (Å²) in [7, 11) is 0. The zero-order chi connectivity index (χ0) is 15.6. The zero-order valence-electron chi connectivity index (χ0n) is 11.2. The maximum absolute atomic E-state index is 13.1. The van der Waals surface area contributed by atoms with E-state index in [9.17, 15) is 22.8 Å². The van der Waals surface area contributed by atoms with Crippen molar-refractivity contribution in [1.29, 1.82) is 0 Å². The third-order valence-corrected chi connectivity index (χ3v) is 4.54. The maximum atomic E-state index is 13.1. The topological polar surface area (TPSA) is 63.4 Å². The van der Waals surface area contributed by atoms with Crippen molar-refractivity contribution < 1.29 is 22.8 Å². The number of nitrogens with zero attached hydrogens (tertiary/aromatic N) is 1. The van der Waals surface area contributed by atoms with Gasteiger partial charge in [0.25, 0.3) is 11.8 Å². The molecule has 1 aliphatic rings. The summed E-state index contributed by atoms with van der Waals surface area (Å²) in [5, 5.41) is 0. The van der Waals surface area contributed by atoms with E-state index in [0.29, 0.717) is 19.3 Å². The molecule has 0 radical (unpaired) electrons. The third kappa shape index (κ3) is 3.55. The molecule has 1 unspecified atom stereocenters. The molecule has 2 heterocycles. The summed E-state index contributed by atoms with van der Waals surface area (Å²) in [6.45, 7) is 0.0762. The van der Waals surface area contributed by atoms with Crippen LogP contribution in [0.25, 0.3) is 0 Å². The van der Waals surface area contributed by atoms with Crippen molar-refractivity contribution in [2.45, 2.75) is 37.9 Å². The van der Waals surface area contributed by atoms with Crippen LogP contribution in [0.4, 0.5) is 13.2 Å². The monoisotopic (exact) mass is 320 g/mol. The molecule has 8 heteroatoms. The molecule has 2 rings (SSSR count). The summed E-state index contributed by atoms with van der Waals surface area (Å²) < 4.78 is 39.4. The van der Waals surface area contributed by atoms with E-state index in [1.807, 2.05) is 0 Å². The number of primary amides is 1. The standard InChI is InChI=1S/C13H15F3N2O2S/c14-13(15,16)10-4-2-1-3-7-18(10)12(20)9-6-5-8(21-9)11(17)19/h5-6,10H,1-4,7H2,(H2,17,19). The molecule has 1 saturated heterocycles. The molecule has 1 aliphatic heterocycles. The minimum Gasteiger partial charge on any atom is -0.365 e. The Hall–Kier alpha value is -1.57.